The third-order valence-electron chi connectivity index (χ3n) is 5.60. The van der Waals surface area contributed by atoms with Gasteiger partial charge in [-0.15, -0.1) is 11.3 Å². The minimum absolute atomic E-state index is 0.0428. The highest BCUT2D eigenvalue weighted by atomic mass is 32.1. The van der Waals surface area contributed by atoms with Crippen molar-refractivity contribution in [1.82, 2.24) is 4.98 Å². The second kappa shape index (κ2) is 9.45. The number of aryl methyl sites for hydroxylation is 1. The molecular formula is C28H22N2O3S. The summed E-state index contributed by atoms with van der Waals surface area (Å²) in [6, 6.07) is 27.4. The Labute approximate surface area is 200 Å². The molecule has 5 nitrogen and oxygen atoms in total. The van der Waals surface area contributed by atoms with Crippen molar-refractivity contribution >= 4 is 33.3 Å². The fourth-order valence-corrected chi connectivity index (χ4v) is 4.79. The number of hydrogen-bond donors (Lipinski definition) is 1. The van der Waals surface area contributed by atoms with Crippen LogP contribution in [0.3, 0.4) is 0 Å². The molecule has 0 radical (unpaired) electrons. The molecule has 0 aliphatic heterocycles. The summed E-state index contributed by atoms with van der Waals surface area (Å²) in [5.41, 5.74) is 4.07. The number of carbonyl (C=O) groups is 1. The molecule has 1 amide bonds. The van der Waals surface area contributed by atoms with Crippen LogP contribution in [-0.4, -0.2) is 10.9 Å². The molecule has 0 atom stereocenters. The molecule has 6 heteroatoms. The van der Waals surface area contributed by atoms with Crippen LogP contribution in [0.25, 0.3) is 22.2 Å². The molecule has 0 aliphatic rings. The van der Waals surface area contributed by atoms with Crippen molar-refractivity contribution < 1.29 is 9.21 Å². The number of anilines is 1. The Hall–Kier alpha value is -4.03. The lowest BCUT2D eigenvalue weighted by Crippen LogP contribution is -2.20. The lowest BCUT2D eigenvalue weighted by Gasteiger charge is -2.05. The summed E-state index contributed by atoms with van der Waals surface area (Å²) in [4.78, 5) is 30.9. The molecule has 0 spiro atoms. The van der Waals surface area contributed by atoms with Gasteiger partial charge >= 0.3 is 5.63 Å². The predicted octanol–water partition coefficient (Wildman–Crippen LogP) is 6.32. The van der Waals surface area contributed by atoms with E-state index in [9.17, 15) is 9.59 Å². The predicted molar refractivity (Wildman–Crippen MR) is 137 cm³/mol. The second-order valence-corrected chi connectivity index (χ2v) is 9.03. The number of amides is 1. The Balaban J connectivity index is 1.38. The molecule has 0 saturated heterocycles. The third kappa shape index (κ3) is 4.54. The molecular weight excluding hydrogens is 444 g/mol. The van der Waals surface area contributed by atoms with Gasteiger partial charge in [0.2, 0.25) is 0 Å². The Bertz CT molecular complexity index is 1520. The summed E-state index contributed by atoms with van der Waals surface area (Å²) in [6.07, 6.45) is 1.65. The first kappa shape index (κ1) is 21.8. The SMILES string of the molecule is CCc1sc(NC(=O)c2cc3ccccc3oc2=O)nc1-c1ccc(Cc2ccccc2)cc1. The molecule has 5 aromatic rings. The highest BCUT2D eigenvalue weighted by molar-refractivity contribution is 7.16. The standard InChI is InChI=1S/C28H22N2O3S/c1-2-24-25(20-14-12-19(13-15-20)16-18-8-4-3-5-9-18)29-28(34-24)30-26(31)22-17-21-10-6-7-11-23(21)33-27(22)32/h3-15,17H,2,16H2,1H3,(H,29,30,31). The number of fused-ring (bicyclic) bond motifs is 1. The number of para-hydroxylation sites is 1. The van der Waals surface area contributed by atoms with Crippen molar-refractivity contribution in [3.8, 4) is 11.3 Å². The van der Waals surface area contributed by atoms with Crippen LogP contribution in [0.2, 0.25) is 0 Å². The molecule has 34 heavy (non-hydrogen) atoms. The highest BCUT2D eigenvalue weighted by Crippen LogP contribution is 2.32. The maximum atomic E-state index is 12.8. The normalized spacial score (nSPS) is 11.0. The van der Waals surface area contributed by atoms with Crippen molar-refractivity contribution in [1.29, 1.82) is 0 Å². The van der Waals surface area contributed by atoms with Crippen molar-refractivity contribution in [3.63, 3.8) is 0 Å². The maximum absolute atomic E-state index is 12.8. The van der Waals surface area contributed by atoms with E-state index in [0.29, 0.717) is 16.1 Å². The Morgan fingerprint density at radius 2 is 1.65 bits per heavy atom. The van der Waals surface area contributed by atoms with Gasteiger partial charge in [-0.3, -0.25) is 10.1 Å². The zero-order chi connectivity index (χ0) is 23.5. The number of nitrogens with zero attached hydrogens (tertiary/aromatic N) is 1. The van der Waals surface area contributed by atoms with E-state index >= 15 is 0 Å². The number of rotatable bonds is 6. The first-order chi connectivity index (χ1) is 16.6. The van der Waals surface area contributed by atoms with Gasteiger partial charge in [-0.05, 0) is 36.1 Å². The summed E-state index contributed by atoms with van der Waals surface area (Å²) in [5.74, 6) is -0.527. The Kier molecular flexibility index (Phi) is 6.06. The molecule has 0 unspecified atom stereocenters. The fourth-order valence-electron chi connectivity index (χ4n) is 3.87. The number of aromatic nitrogens is 1. The zero-order valence-corrected chi connectivity index (χ0v) is 19.4. The molecule has 0 fully saturated rings. The highest BCUT2D eigenvalue weighted by Gasteiger charge is 2.18. The number of thiazole rings is 1. The van der Waals surface area contributed by atoms with Gasteiger partial charge in [-0.1, -0.05) is 79.7 Å². The first-order valence-electron chi connectivity index (χ1n) is 11.1. The van der Waals surface area contributed by atoms with Crippen molar-refractivity contribution in [2.24, 2.45) is 0 Å². The van der Waals surface area contributed by atoms with Crippen molar-refractivity contribution in [3.05, 3.63) is 117 Å². The number of hydrogen-bond acceptors (Lipinski definition) is 5. The molecule has 0 aliphatic carbocycles. The Morgan fingerprint density at radius 3 is 2.41 bits per heavy atom. The van der Waals surface area contributed by atoms with Crippen LogP contribution in [0.5, 0.6) is 0 Å². The lowest BCUT2D eigenvalue weighted by atomic mass is 10.0. The molecule has 0 saturated carbocycles. The molecule has 5 rings (SSSR count). The van der Waals surface area contributed by atoms with Crippen LogP contribution in [0.15, 0.2) is 94.1 Å². The molecule has 3 aromatic carbocycles. The second-order valence-electron chi connectivity index (χ2n) is 7.94. The summed E-state index contributed by atoms with van der Waals surface area (Å²) in [5, 5.41) is 3.93. The van der Waals surface area contributed by atoms with E-state index in [4.69, 9.17) is 4.42 Å². The van der Waals surface area contributed by atoms with E-state index in [1.54, 1.807) is 24.3 Å². The van der Waals surface area contributed by atoms with Crippen molar-refractivity contribution in [2.75, 3.05) is 5.32 Å². The van der Waals surface area contributed by atoms with E-state index in [-0.39, 0.29) is 5.56 Å². The molecule has 0 bridgehead atoms. The van der Waals surface area contributed by atoms with E-state index in [2.05, 4.69) is 53.6 Å². The lowest BCUT2D eigenvalue weighted by molar-refractivity contribution is 0.102. The number of nitrogens with one attached hydrogen (secondary N) is 1. The van der Waals surface area contributed by atoms with Crippen LogP contribution in [0.1, 0.15) is 33.3 Å². The van der Waals surface area contributed by atoms with Crippen LogP contribution in [0.4, 0.5) is 5.13 Å². The van der Waals surface area contributed by atoms with Crippen LogP contribution >= 0.6 is 11.3 Å². The van der Waals surface area contributed by atoms with Crippen LogP contribution in [-0.2, 0) is 12.8 Å². The van der Waals surface area contributed by atoms with Crippen molar-refractivity contribution in [2.45, 2.75) is 19.8 Å². The van der Waals surface area contributed by atoms with E-state index in [1.165, 1.54) is 22.5 Å². The van der Waals surface area contributed by atoms with E-state index < -0.39 is 11.5 Å². The molecule has 168 valence electrons. The number of benzene rings is 3. The van der Waals surface area contributed by atoms with Gasteiger partial charge in [0.1, 0.15) is 11.1 Å². The van der Waals surface area contributed by atoms with Gasteiger partial charge in [0.05, 0.1) is 5.69 Å². The van der Waals surface area contributed by atoms with Gasteiger partial charge in [0, 0.05) is 15.8 Å². The van der Waals surface area contributed by atoms with Crippen LogP contribution in [0, 0.1) is 0 Å². The van der Waals surface area contributed by atoms with Gasteiger partial charge in [-0.2, -0.15) is 0 Å². The summed E-state index contributed by atoms with van der Waals surface area (Å²) >= 11 is 1.42. The van der Waals surface area contributed by atoms with Gasteiger partial charge in [0.15, 0.2) is 5.13 Å². The monoisotopic (exact) mass is 466 g/mol. The maximum Gasteiger partial charge on any atom is 0.349 e. The van der Waals surface area contributed by atoms with E-state index in [0.717, 1.165) is 29.0 Å². The topological polar surface area (TPSA) is 72.2 Å². The quantitative estimate of drug-likeness (QED) is 0.297. The average Bonchev–Trinajstić information content (AvgIpc) is 3.27. The summed E-state index contributed by atoms with van der Waals surface area (Å²) < 4.78 is 5.29. The van der Waals surface area contributed by atoms with Gasteiger partial charge in [-0.25, -0.2) is 9.78 Å². The molecule has 1 N–H and O–H groups in total. The van der Waals surface area contributed by atoms with Gasteiger partial charge < -0.3 is 4.42 Å². The molecule has 2 aromatic heterocycles. The number of carbonyl (C=O) groups excluding carboxylic acids is 1. The summed E-state index contributed by atoms with van der Waals surface area (Å²) in [6.45, 7) is 2.06. The molecule has 2 heterocycles. The third-order valence-corrected chi connectivity index (χ3v) is 6.72. The average molecular weight is 467 g/mol. The van der Waals surface area contributed by atoms with Gasteiger partial charge in [0.25, 0.3) is 5.91 Å². The largest absolute Gasteiger partial charge is 0.422 e. The Morgan fingerprint density at radius 1 is 0.941 bits per heavy atom. The smallest absolute Gasteiger partial charge is 0.349 e. The van der Waals surface area contributed by atoms with Crippen LogP contribution < -0.4 is 10.9 Å². The first-order valence-corrected chi connectivity index (χ1v) is 11.9. The fraction of sp³-hybridized carbons (Fsp3) is 0.107. The summed E-state index contributed by atoms with van der Waals surface area (Å²) in [7, 11) is 0. The zero-order valence-electron chi connectivity index (χ0n) is 18.6. The minimum atomic E-state index is -0.669. The van der Waals surface area contributed by atoms with E-state index in [1.807, 2.05) is 24.3 Å². The minimum Gasteiger partial charge on any atom is -0.422 e.